The number of hydrogen-bond donors (Lipinski definition) is 4. The van der Waals surface area contributed by atoms with E-state index in [4.69, 9.17) is 15.2 Å². The van der Waals surface area contributed by atoms with Crippen molar-refractivity contribution in [2.24, 2.45) is 5.92 Å². The summed E-state index contributed by atoms with van der Waals surface area (Å²) in [7, 11) is 1.69. The highest BCUT2D eigenvalue weighted by Gasteiger charge is 2.33. The number of likely N-dealkylation sites (N-methyl/N-ethyl adjacent to an activating group) is 2. The van der Waals surface area contributed by atoms with Crippen molar-refractivity contribution >= 4 is 34.9 Å². The lowest BCUT2D eigenvalue weighted by Gasteiger charge is -2.31. The van der Waals surface area contributed by atoms with Crippen molar-refractivity contribution in [3.05, 3.63) is 12.2 Å². The number of rotatable bonds is 10. The van der Waals surface area contributed by atoms with Gasteiger partial charge in [0, 0.05) is 33.1 Å². The van der Waals surface area contributed by atoms with Crippen LogP contribution in [0.25, 0.3) is 11.2 Å². The molecule has 3 amide bonds. The molecular weight excluding hydrogens is 512 g/mol. The van der Waals surface area contributed by atoms with E-state index < -0.39 is 36.9 Å². The molecule has 15 heteroatoms. The maximum Gasteiger partial charge on any atom is 0.410 e. The van der Waals surface area contributed by atoms with Crippen molar-refractivity contribution in [2.75, 3.05) is 45.6 Å². The van der Waals surface area contributed by atoms with E-state index in [1.807, 2.05) is 0 Å². The number of piperidine rings is 1. The number of carbonyl (C=O) groups is 3. The molecule has 2 unspecified atom stereocenters. The minimum absolute atomic E-state index is 0.0276. The molecule has 0 aliphatic carbocycles. The van der Waals surface area contributed by atoms with Crippen LogP contribution >= 0.6 is 0 Å². The van der Waals surface area contributed by atoms with Gasteiger partial charge >= 0.3 is 6.09 Å². The number of amides is 3. The summed E-state index contributed by atoms with van der Waals surface area (Å²) in [6.07, 6.45) is 0.199. The fourth-order valence-corrected chi connectivity index (χ4v) is 4.79. The van der Waals surface area contributed by atoms with Crippen LogP contribution in [0.15, 0.2) is 6.33 Å². The lowest BCUT2D eigenvalue weighted by molar-refractivity contribution is -0.147. The van der Waals surface area contributed by atoms with Gasteiger partial charge in [-0.3, -0.25) is 14.2 Å². The number of nitrogens with one attached hydrogen (secondary N) is 1. The topological polar surface area (TPSA) is 198 Å². The second-order valence-corrected chi connectivity index (χ2v) is 9.89. The minimum Gasteiger partial charge on any atom is -0.444 e. The Hall–Kier alpha value is -3.56. The van der Waals surface area contributed by atoms with Crippen molar-refractivity contribution in [1.29, 1.82) is 0 Å². The molecule has 2 aliphatic rings. The zero-order valence-electron chi connectivity index (χ0n) is 22.2. The van der Waals surface area contributed by atoms with Gasteiger partial charge in [0.15, 0.2) is 17.6 Å². The Bertz CT molecular complexity index is 1180. The third-order valence-corrected chi connectivity index (χ3v) is 6.99. The lowest BCUT2D eigenvalue weighted by atomic mass is 9.93. The molecule has 0 saturated carbocycles. The Morgan fingerprint density at radius 2 is 2.03 bits per heavy atom. The van der Waals surface area contributed by atoms with Crippen LogP contribution in [-0.4, -0.2) is 116 Å². The molecule has 2 aliphatic heterocycles. The Kier molecular flexibility index (Phi) is 9.14. The number of anilines is 1. The zero-order valence-corrected chi connectivity index (χ0v) is 22.2. The number of likely N-dealkylation sites (tertiary alicyclic amines) is 2. The van der Waals surface area contributed by atoms with Crippen LogP contribution in [0, 0.1) is 5.92 Å². The van der Waals surface area contributed by atoms with Gasteiger partial charge in [-0.05, 0) is 25.7 Å². The highest BCUT2D eigenvalue weighted by Crippen LogP contribution is 2.24. The molecule has 0 bridgehead atoms. The smallest absolute Gasteiger partial charge is 0.410 e. The number of nitrogens with two attached hydrogens (primary N) is 1. The Balaban J connectivity index is 1.35. The van der Waals surface area contributed by atoms with E-state index in [0.29, 0.717) is 49.6 Å². The Morgan fingerprint density at radius 3 is 2.67 bits per heavy atom. The lowest BCUT2D eigenvalue weighted by Crippen LogP contribution is -2.45. The molecule has 3 atom stereocenters. The van der Waals surface area contributed by atoms with Crippen molar-refractivity contribution < 1.29 is 34.1 Å². The van der Waals surface area contributed by atoms with E-state index >= 15 is 0 Å². The summed E-state index contributed by atoms with van der Waals surface area (Å²) in [5.41, 5.74) is 6.95. The van der Waals surface area contributed by atoms with Gasteiger partial charge in [-0.15, -0.1) is 0 Å². The standard InChI is InChI=1S/C24H36N8O7/c1-3-26-23(36)20(16(34)11-33)38-13-32-12-27-19-21(25)28-17(29-22(19)32)8-14-4-6-31(7-5-14)24(37)39-15-9-18(35)30(2)10-15/h12,14-16,20,33-34H,3-11,13H2,1-2H3,(H,26,36)(H2,25,28,29)/t15?,16?,20-/m0/s1. The van der Waals surface area contributed by atoms with E-state index in [1.54, 1.807) is 28.3 Å². The third-order valence-electron chi connectivity index (χ3n) is 6.99. The van der Waals surface area contributed by atoms with Crippen LogP contribution in [-0.2, 0) is 32.2 Å². The highest BCUT2D eigenvalue weighted by molar-refractivity contribution is 5.82. The van der Waals surface area contributed by atoms with Gasteiger partial charge in [-0.1, -0.05) is 0 Å². The second kappa shape index (κ2) is 12.5. The number of ether oxygens (including phenoxy) is 2. The van der Waals surface area contributed by atoms with Crippen molar-refractivity contribution in [3.8, 4) is 0 Å². The largest absolute Gasteiger partial charge is 0.444 e. The SMILES string of the molecule is CCNC(=O)[C@@H](OCn1cnc2c(N)nc(CC3CCN(C(=O)OC4CC(=O)N(C)C4)CC3)nc21)C(O)CO. The summed E-state index contributed by atoms with van der Waals surface area (Å²) < 4.78 is 12.7. The molecule has 0 radical (unpaired) electrons. The molecule has 2 aromatic rings. The number of fused-ring (bicyclic) bond motifs is 1. The fourth-order valence-electron chi connectivity index (χ4n) is 4.79. The highest BCUT2D eigenvalue weighted by atomic mass is 16.6. The minimum atomic E-state index is -1.40. The number of nitrogen functional groups attached to an aromatic ring is 1. The summed E-state index contributed by atoms with van der Waals surface area (Å²) in [6.45, 7) is 2.75. The monoisotopic (exact) mass is 548 g/mol. The zero-order chi connectivity index (χ0) is 28.1. The van der Waals surface area contributed by atoms with E-state index in [-0.39, 0.29) is 30.8 Å². The molecule has 0 spiro atoms. The van der Waals surface area contributed by atoms with Gasteiger partial charge in [-0.2, -0.15) is 0 Å². The summed E-state index contributed by atoms with van der Waals surface area (Å²) in [6, 6.07) is 0. The summed E-state index contributed by atoms with van der Waals surface area (Å²) in [5.74, 6) is 0.379. The van der Waals surface area contributed by atoms with Crippen LogP contribution in [0.2, 0.25) is 0 Å². The first-order valence-electron chi connectivity index (χ1n) is 13.0. The molecule has 0 aromatic carbocycles. The van der Waals surface area contributed by atoms with E-state index in [1.165, 1.54) is 6.33 Å². The predicted molar refractivity (Wildman–Crippen MR) is 137 cm³/mol. The summed E-state index contributed by atoms with van der Waals surface area (Å²) >= 11 is 0. The van der Waals surface area contributed by atoms with E-state index in [0.717, 1.165) is 12.8 Å². The van der Waals surface area contributed by atoms with Crippen molar-refractivity contribution in [3.63, 3.8) is 0 Å². The van der Waals surface area contributed by atoms with Gasteiger partial charge in [0.1, 0.15) is 30.3 Å². The number of carbonyl (C=O) groups excluding carboxylic acids is 3. The third kappa shape index (κ3) is 6.72. The maximum absolute atomic E-state index is 12.5. The number of nitrogens with zero attached hydrogens (tertiary/aromatic N) is 6. The number of aliphatic hydroxyl groups is 2. The Labute approximate surface area is 225 Å². The number of aromatic nitrogens is 4. The molecule has 5 N–H and O–H groups in total. The van der Waals surface area contributed by atoms with Crippen molar-refractivity contribution in [1.82, 2.24) is 34.6 Å². The van der Waals surface area contributed by atoms with Crippen LogP contribution in [0.1, 0.15) is 32.0 Å². The number of aliphatic hydroxyl groups excluding tert-OH is 2. The summed E-state index contributed by atoms with van der Waals surface area (Å²) in [4.78, 5) is 53.0. The van der Waals surface area contributed by atoms with Crippen molar-refractivity contribution in [2.45, 2.75) is 57.6 Å². The van der Waals surface area contributed by atoms with Crippen LogP contribution < -0.4 is 11.1 Å². The maximum atomic E-state index is 12.5. The molecule has 2 saturated heterocycles. The normalized spacial score (nSPS) is 19.9. The molecule has 4 rings (SSSR count). The van der Waals surface area contributed by atoms with Crippen LogP contribution in [0.3, 0.4) is 0 Å². The number of imidazole rings is 1. The molecule has 15 nitrogen and oxygen atoms in total. The molecule has 2 fully saturated rings. The number of hydrogen-bond acceptors (Lipinski definition) is 11. The first-order valence-corrected chi connectivity index (χ1v) is 13.0. The van der Waals surface area contributed by atoms with Gasteiger partial charge in [-0.25, -0.2) is 19.7 Å². The van der Waals surface area contributed by atoms with Gasteiger partial charge in [0.05, 0.1) is 25.9 Å². The molecule has 4 heterocycles. The second-order valence-electron chi connectivity index (χ2n) is 9.89. The Morgan fingerprint density at radius 1 is 1.28 bits per heavy atom. The first-order chi connectivity index (χ1) is 18.7. The quantitative estimate of drug-likeness (QED) is 0.280. The molecular formula is C24H36N8O7. The summed E-state index contributed by atoms with van der Waals surface area (Å²) in [5, 5.41) is 21.9. The molecule has 39 heavy (non-hydrogen) atoms. The predicted octanol–water partition coefficient (Wildman–Crippen LogP) is -1.14. The van der Waals surface area contributed by atoms with Crippen LogP contribution in [0.5, 0.6) is 0 Å². The van der Waals surface area contributed by atoms with E-state index in [2.05, 4.69) is 20.3 Å². The van der Waals surface area contributed by atoms with Gasteiger partial charge < -0.3 is 40.5 Å². The average molecular weight is 549 g/mol. The fraction of sp³-hybridized carbons (Fsp3) is 0.667. The van der Waals surface area contributed by atoms with E-state index in [9.17, 15) is 24.6 Å². The van der Waals surface area contributed by atoms with Crippen LogP contribution in [0.4, 0.5) is 10.6 Å². The average Bonchev–Trinajstić information content (AvgIpc) is 3.46. The first kappa shape index (κ1) is 28.4. The van der Waals surface area contributed by atoms with Gasteiger partial charge in [0.25, 0.3) is 5.91 Å². The van der Waals surface area contributed by atoms with Gasteiger partial charge in [0.2, 0.25) is 5.91 Å². The molecule has 214 valence electrons. The molecule has 2 aromatic heterocycles.